The molecule has 0 N–H and O–H groups in total. The fourth-order valence-electron chi connectivity index (χ4n) is 1.74. The van der Waals surface area contributed by atoms with Crippen LogP contribution in [0, 0.1) is 0 Å². The maximum absolute atomic E-state index is 5.61. The molecule has 108 valence electrons. The summed E-state index contributed by atoms with van der Waals surface area (Å²) in [7, 11) is 0. The highest BCUT2D eigenvalue weighted by atomic mass is 32.2. The second kappa shape index (κ2) is 7.28. The molecule has 0 aliphatic heterocycles. The molecule has 0 bridgehead atoms. The molecule has 0 atom stereocenters. The van der Waals surface area contributed by atoms with Crippen LogP contribution in [0.4, 0.5) is 0 Å². The Hall–Kier alpha value is -1.79. The Labute approximate surface area is 131 Å². The SMILES string of the molecule is c1ccc(OCCSc2nnc(Cc3cccs3)o2)cc1. The molecule has 2 heterocycles. The van der Waals surface area contributed by atoms with Crippen molar-refractivity contribution in [3.05, 3.63) is 58.6 Å². The summed E-state index contributed by atoms with van der Waals surface area (Å²) in [6, 6.07) is 13.8. The second-order valence-electron chi connectivity index (χ2n) is 4.23. The highest BCUT2D eigenvalue weighted by Crippen LogP contribution is 2.19. The Kier molecular flexibility index (Phi) is 4.91. The van der Waals surface area contributed by atoms with Gasteiger partial charge in [0.2, 0.25) is 5.89 Å². The van der Waals surface area contributed by atoms with E-state index in [0.29, 0.717) is 24.1 Å². The normalized spacial score (nSPS) is 10.7. The van der Waals surface area contributed by atoms with Crippen molar-refractivity contribution in [2.45, 2.75) is 11.6 Å². The van der Waals surface area contributed by atoms with Gasteiger partial charge in [-0.2, -0.15) is 0 Å². The van der Waals surface area contributed by atoms with E-state index in [1.54, 1.807) is 11.3 Å². The summed E-state index contributed by atoms with van der Waals surface area (Å²) in [6.45, 7) is 0.608. The van der Waals surface area contributed by atoms with Gasteiger partial charge >= 0.3 is 0 Å². The number of nitrogens with zero attached hydrogens (tertiary/aromatic N) is 2. The molecule has 4 nitrogen and oxygen atoms in total. The van der Waals surface area contributed by atoms with E-state index in [1.807, 2.05) is 41.8 Å². The van der Waals surface area contributed by atoms with Gasteiger partial charge in [-0.3, -0.25) is 0 Å². The van der Waals surface area contributed by atoms with Crippen LogP contribution in [0.1, 0.15) is 10.8 Å². The van der Waals surface area contributed by atoms with Crippen molar-refractivity contribution in [1.82, 2.24) is 10.2 Å². The third kappa shape index (κ3) is 4.34. The Bertz CT molecular complexity index is 653. The molecule has 3 aromatic rings. The van der Waals surface area contributed by atoms with Gasteiger partial charge < -0.3 is 9.15 Å². The smallest absolute Gasteiger partial charge is 0.276 e. The number of thioether (sulfide) groups is 1. The van der Waals surface area contributed by atoms with E-state index in [0.717, 1.165) is 11.5 Å². The minimum absolute atomic E-state index is 0.596. The van der Waals surface area contributed by atoms with Gasteiger partial charge in [-0.05, 0) is 23.6 Å². The molecule has 0 saturated carbocycles. The lowest BCUT2D eigenvalue weighted by molar-refractivity contribution is 0.343. The Morgan fingerprint density at radius 3 is 2.81 bits per heavy atom. The lowest BCUT2D eigenvalue weighted by Crippen LogP contribution is -1.99. The Morgan fingerprint density at radius 2 is 2.00 bits per heavy atom. The van der Waals surface area contributed by atoms with Crippen molar-refractivity contribution in [3.63, 3.8) is 0 Å². The summed E-state index contributed by atoms with van der Waals surface area (Å²) in [6.07, 6.45) is 0.700. The molecular formula is C15H14N2O2S2. The quantitative estimate of drug-likeness (QED) is 0.488. The van der Waals surface area contributed by atoms with E-state index in [4.69, 9.17) is 9.15 Å². The molecule has 0 spiro atoms. The molecule has 1 aromatic carbocycles. The minimum Gasteiger partial charge on any atom is -0.493 e. The largest absolute Gasteiger partial charge is 0.493 e. The fraction of sp³-hybridized carbons (Fsp3) is 0.200. The van der Waals surface area contributed by atoms with Crippen molar-refractivity contribution >= 4 is 23.1 Å². The van der Waals surface area contributed by atoms with Gasteiger partial charge in [-0.15, -0.1) is 21.5 Å². The Morgan fingerprint density at radius 1 is 1.10 bits per heavy atom. The number of aromatic nitrogens is 2. The van der Waals surface area contributed by atoms with Crippen molar-refractivity contribution in [1.29, 1.82) is 0 Å². The molecule has 0 aliphatic rings. The van der Waals surface area contributed by atoms with Crippen molar-refractivity contribution < 1.29 is 9.15 Å². The van der Waals surface area contributed by atoms with Crippen LogP contribution >= 0.6 is 23.1 Å². The maximum Gasteiger partial charge on any atom is 0.276 e. The topological polar surface area (TPSA) is 48.2 Å². The van der Waals surface area contributed by atoms with Gasteiger partial charge in [0.25, 0.3) is 5.22 Å². The molecule has 0 saturated heterocycles. The van der Waals surface area contributed by atoms with Crippen molar-refractivity contribution in [2.24, 2.45) is 0 Å². The van der Waals surface area contributed by atoms with Crippen LogP contribution in [0.3, 0.4) is 0 Å². The second-order valence-corrected chi connectivity index (χ2v) is 6.31. The molecule has 0 radical (unpaired) electrons. The van der Waals surface area contributed by atoms with Crippen LogP contribution in [0.5, 0.6) is 5.75 Å². The molecule has 0 amide bonds. The molecule has 21 heavy (non-hydrogen) atoms. The van der Waals surface area contributed by atoms with Crippen molar-refractivity contribution in [3.8, 4) is 5.75 Å². The van der Waals surface area contributed by atoms with Gasteiger partial charge in [0, 0.05) is 10.6 Å². The summed E-state index contributed by atoms with van der Waals surface area (Å²) in [5, 5.41) is 10.7. The zero-order chi connectivity index (χ0) is 14.3. The Balaban J connectivity index is 1.42. The summed E-state index contributed by atoms with van der Waals surface area (Å²) in [5.74, 6) is 2.31. The van der Waals surface area contributed by atoms with Gasteiger partial charge in [0.1, 0.15) is 5.75 Å². The number of rotatable bonds is 7. The summed E-state index contributed by atoms with van der Waals surface area (Å²) in [5.41, 5.74) is 0. The highest BCUT2D eigenvalue weighted by Gasteiger charge is 2.08. The lowest BCUT2D eigenvalue weighted by atomic mass is 10.3. The minimum atomic E-state index is 0.596. The van der Waals surface area contributed by atoms with Crippen LogP contribution < -0.4 is 4.74 Å². The first-order valence-electron chi connectivity index (χ1n) is 6.55. The monoisotopic (exact) mass is 318 g/mol. The molecule has 3 rings (SSSR count). The summed E-state index contributed by atoms with van der Waals surface area (Å²) in [4.78, 5) is 1.22. The number of benzene rings is 1. The molecule has 0 unspecified atom stereocenters. The maximum atomic E-state index is 5.61. The van der Waals surface area contributed by atoms with E-state index >= 15 is 0 Å². The van der Waals surface area contributed by atoms with E-state index in [1.165, 1.54) is 16.6 Å². The summed E-state index contributed by atoms with van der Waals surface area (Å²) >= 11 is 3.20. The molecular weight excluding hydrogens is 304 g/mol. The average molecular weight is 318 g/mol. The van der Waals surface area contributed by atoms with Gasteiger partial charge in [0.05, 0.1) is 13.0 Å². The zero-order valence-corrected chi connectivity index (χ0v) is 12.9. The third-order valence-electron chi connectivity index (χ3n) is 2.67. The fourth-order valence-corrected chi connectivity index (χ4v) is 3.03. The molecule has 2 aromatic heterocycles. The van der Waals surface area contributed by atoms with Crippen LogP contribution in [0.2, 0.25) is 0 Å². The first kappa shape index (κ1) is 14.2. The number of ether oxygens (including phenoxy) is 1. The van der Waals surface area contributed by atoms with Crippen molar-refractivity contribution in [2.75, 3.05) is 12.4 Å². The number of hydrogen-bond acceptors (Lipinski definition) is 6. The number of hydrogen-bond donors (Lipinski definition) is 0. The van der Waals surface area contributed by atoms with Crippen LogP contribution in [0.25, 0.3) is 0 Å². The summed E-state index contributed by atoms with van der Waals surface area (Å²) < 4.78 is 11.2. The predicted molar refractivity (Wildman–Crippen MR) is 84.1 cm³/mol. The number of para-hydroxylation sites is 1. The van der Waals surface area contributed by atoms with E-state index in [9.17, 15) is 0 Å². The predicted octanol–water partition coefficient (Wildman–Crippen LogP) is 3.89. The van der Waals surface area contributed by atoms with Gasteiger partial charge in [-0.1, -0.05) is 36.0 Å². The van der Waals surface area contributed by atoms with E-state index in [2.05, 4.69) is 16.3 Å². The van der Waals surface area contributed by atoms with Crippen LogP contribution in [0.15, 0.2) is 57.5 Å². The van der Waals surface area contributed by atoms with Gasteiger partial charge in [-0.25, -0.2) is 0 Å². The standard InChI is InChI=1S/C15H14N2O2S2/c1-2-5-12(6-3-1)18-8-10-21-15-17-16-14(19-15)11-13-7-4-9-20-13/h1-7,9H,8,10-11H2. The first-order valence-corrected chi connectivity index (χ1v) is 8.42. The molecule has 6 heteroatoms. The average Bonchev–Trinajstić information content (AvgIpc) is 3.17. The lowest BCUT2D eigenvalue weighted by Gasteiger charge is -2.03. The van der Waals surface area contributed by atoms with E-state index in [-0.39, 0.29) is 0 Å². The first-order chi connectivity index (χ1) is 10.4. The highest BCUT2D eigenvalue weighted by molar-refractivity contribution is 7.99. The molecule has 0 aliphatic carbocycles. The molecule has 0 fully saturated rings. The van der Waals surface area contributed by atoms with E-state index < -0.39 is 0 Å². The van der Waals surface area contributed by atoms with Crippen LogP contribution in [-0.4, -0.2) is 22.6 Å². The van der Waals surface area contributed by atoms with Crippen LogP contribution in [-0.2, 0) is 6.42 Å². The third-order valence-corrected chi connectivity index (χ3v) is 4.33. The van der Waals surface area contributed by atoms with Gasteiger partial charge in [0.15, 0.2) is 0 Å². The number of thiophene rings is 1. The zero-order valence-electron chi connectivity index (χ0n) is 11.3.